The number of pyridine rings is 1. The summed E-state index contributed by atoms with van der Waals surface area (Å²) in [6.45, 7) is 4.04. The molecule has 0 bridgehead atoms. The molecule has 0 aliphatic carbocycles. The van der Waals surface area contributed by atoms with Crippen LogP contribution in [0.15, 0.2) is 66.9 Å². The first-order valence-electron chi connectivity index (χ1n) is 8.95. The molecule has 0 fully saturated rings. The van der Waals surface area contributed by atoms with Crippen molar-refractivity contribution in [1.82, 2.24) is 4.98 Å². The van der Waals surface area contributed by atoms with Crippen molar-refractivity contribution >= 4 is 5.91 Å². The Morgan fingerprint density at radius 2 is 1.70 bits per heavy atom. The highest BCUT2D eigenvalue weighted by molar-refractivity contribution is 5.92. The Balaban J connectivity index is 0.000000223. The lowest BCUT2D eigenvalue weighted by atomic mass is 10.0. The first kappa shape index (κ1) is 20.2. The average Bonchev–Trinajstić information content (AvgIpc) is 2.69. The number of hydrogen-bond donors (Lipinski definition) is 1. The van der Waals surface area contributed by atoms with Gasteiger partial charge >= 0.3 is 0 Å². The Morgan fingerprint density at radius 1 is 1.00 bits per heavy atom. The lowest BCUT2D eigenvalue weighted by Gasteiger charge is -2.05. The average molecular weight is 362 g/mol. The minimum Gasteiger partial charge on any atom is -0.497 e. The monoisotopic (exact) mass is 362 g/mol. The quantitative estimate of drug-likeness (QED) is 0.734. The maximum atomic E-state index is 10.5. The number of aromatic nitrogens is 1. The summed E-state index contributed by atoms with van der Waals surface area (Å²) in [5.74, 6) is 0.476. The Morgan fingerprint density at radius 3 is 2.26 bits per heavy atom. The standard InChI is InChI=1S/C16H18O.C7H8N2O/c1-3-13-5-4-6-15(11-13)12-14-7-9-16(17-2)10-8-14;1-5-2-3-6(4-9-5)7(8)10/h4-11H,3,12H2,1-2H3;2-4H,1H3,(H2,8,10). The fourth-order valence-corrected chi connectivity index (χ4v) is 2.55. The summed E-state index contributed by atoms with van der Waals surface area (Å²) in [6, 6.07) is 20.5. The Bertz CT molecular complexity index is 856. The molecule has 0 unspecified atom stereocenters. The lowest BCUT2D eigenvalue weighted by Crippen LogP contribution is -2.10. The molecule has 0 atom stereocenters. The zero-order chi connectivity index (χ0) is 19.6. The molecule has 1 heterocycles. The molecule has 0 aliphatic heterocycles. The van der Waals surface area contributed by atoms with Gasteiger partial charge in [-0.2, -0.15) is 0 Å². The van der Waals surface area contributed by atoms with Crippen molar-refractivity contribution in [2.24, 2.45) is 5.73 Å². The topological polar surface area (TPSA) is 65.2 Å². The number of benzene rings is 2. The molecular weight excluding hydrogens is 336 g/mol. The Kier molecular flexibility index (Phi) is 7.56. The summed E-state index contributed by atoms with van der Waals surface area (Å²) in [5.41, 5.74) is 10.4. The molecule has 0 spiro atoms. The van der Waals surface area contributed by atoms with E-state index >= 15 is 0 Å². The molecule has 3 aromatic rings. The number of carbonyl (C=O) groups is 1. The largest absolute Gasteiger partial charge is 0.497 e. The first-order chi connectivity index (χ1) is 13.0. The third-order valence-corrected chi connectivity index (χ3v) is 4.16. The van der Waals surface area contributed by atoms with E-state index in [-0.39, 0.29) is 0 Å². The molecule has 0 radical (unpaired) electrons. The van der Waals surface area contributed by atoms with Gasteiger partial charge in [0.25, 0.3) is 0 Å². The number of methoxy groups -OCH3 is 1. The van der Waals surface area contributed by atoms with Gasteiger partial charge in [0.2, 0.25) is 5.91 Å². The van der Waals surface area contributed by atoms with Crippen molar-refractivity contribution in [1.29, 1.82) is 0 Å². The number of nitrogens with two attached hydrogens (primary N) is 1. The molecule has 2 aromatic carbocycles. The van der Waals surface area contributed by atoms with Crippen LogP contribution >= 0.6 is 0 Å². The van der Waals surface area contributed by atoms with Crippen molar-refractivity contribution in [3.05, 3.63) is 94.8 Å². The second-order valence-corrected chi connectivity index (χ2v) is 6.25. The molecule has 3 rings (SSSR count). The normalized spacial score (nSPS) is 9.89. The first-order valence-corrected chi connectivity index (χ1v) is 8.95. The number of hydrogen-bond acceptors (Lipinski definition) is 3. The second kappa shape index (κ2) is 10.1. The predicted molar refractivity (Wildman–Crippen MR) is 109 cm³/mol. The van der Waals surface area contributed by atoms with Crippen LogP contribution in [0.1, 0.15) is 39.7 Å². The van der Waals surface area contributed by atoms with Gasteiger partial charge in [-0.05, 0) is 60.7 Å². The fraction of sp³-hybridized carbons (Fsp3) is 0.217. The van der Waals surface area contributed by atoms with Crippen molar-refractivity contribution in [3.63, 3.8) is 0 Å². The molecule has 0 saturated heterocycles. The summed E-state index contributed by atoms with van der Waals surface area (Å²) in [7, 11) is 1.69. The van der Waals surface area contributed by atoms with E-state index in [0.717, 1.165) is 24.3 Å². The van der Waals surface area contributed by atoms with Crippen molar-refractivity contribution < 1.29 is 9.53 Å². The van der Waals surface area contributed by atoms with Gasteiger partial charge in [0.15, 0.2) is 0 Å². The van der Waals surface area contributed by atoms with Crippen LogP contribution in [0.3, 0.4) is 0 Å². The molecule has 140 valence electrons. The molecular formula is C23H26N2O2. The number of aryl methyl sites for hydroxylation is 2. The minimum atomic E-state index is -0.438. The number of nitrogens with zero attached hydrogens (tertiary/aromatic N) is 1. The summed E-state index contributed by atoms with van der Waals surface area (Å²) in [5, 5.41) is 0. The van der Waals surface area contributed by atoms with E-state index in [1.807, 2.05) is 19.1 Å². The molecule has 1 aromatic heterocycles. The van der Waals surface area contributed by atoms with Gasteiger partial charge in [0, 0.05) is 11.9 Å². The van der Waals surface area contributed by atoms with E-state index in [9.17, 15) is 4.79 Å². The van der Waals surface area contributed by atoms with E-state index in [2.05, 4.69) is 48.3 Å². The van der Waals surface area contributed by atoms with Crippen LogP contribution in [0.5, 0.6) is 5.75 Å². The van der Waals surface area contributed by atoms with Gasteiger partial charge in [-0.1, -0.05) is 43.3 Å². The highest BCUT2D eigenvalue weighted by Crippen LogP contribution is 2.15. The van der Waals surface area contributed by atoms with Gasteiger partial charge in [-0.15, -0.1) is 0 Å². The predicted octanol–water partition coefficient (Wildman–Crippen LogP) is 4.34. The fourth-order valence-electron chi connectivity index (χ4n) is 2.55. The molecule has 4 heteroatoms. The van der Waals surface area contributed by atoms with Gasteiger partial charge < -0.3 is 10.5 Å². The maximum absolute atomic E-state index is 10.5. The van der Waals surface area contributed by atoms with Crippen LogP contribution in [0.2, 0.25) is 0 Å². The van der Waals surface area contributed by atoms with Crippen LogP contribution in [-0.4, -0.2) is 18.0 Å². The summed E-state index contributed by atoms with van der Waals surface area (Å²) in [4.78, 5) is 14.4. The third kappa shape index (κ3) is 6.59. The highest BCUT2D eigenvalue weighted by atomic mass is 16.5. The summed E-state index contributed by atoms with van der Waals surface area (Å²) in [6.07, 6.45) is 3.55. The highest BCUT2D eigenvalue weighted by Gasteiger charge is 1.99. The number of primary amides is 1. The summed E-state index contributed by atoms with van der Waals surface area (Å²) >= 11 is 0. The summed E-state index contributed by atoms with van der Waals surface area (Å²) < 4.78 is 5.16. The minimum absolute atomic E-state index is 0.438. The van der Waals surface area contributed by atoms with E-state index < -0.39 is 5.91 Å². The van der Waals surface area contributed by atoms with Gasteiger partial charge in [0.1, 0.15) is 5.75 Å². The van der Waals surface area contributed by atoms with Crippen LogP contribution in [0.4, 0.5) is 0 Å². The molecule has 1 amide bonds. The van der Waals surface area contributed by atoms with Gasteiger partial charge in [-0.3, -0.25) is 9.78 Å². The number of ether oxygens (including phenoxy) is 1. The van der Waals surface area contributed by atoms with Gasteiger partial charge in [0.05, 0.1) is 12.7 Å². The van der Waals surface area contributed by atoms with E-state index in [4.69, 9.17) is 10.5 Å². The van der Waals surface area contributed by atoms with Crippen LogP contribution < -0.4 is 10.5 Å². The zero-order valence-corrected chi connectivity index (χ0v) is 16.1. The van der Waals surface area contributed by atoms with Crippen LogP contribution in [0, 0.1) is 6.92 Å². The molecule has 27 heavy (non-hydrogen) atoms. The van der Waals surface area contributed by atoms with Crippen molar-refractivity contribution in [2.75, 3.05) is 7.11 Å². The Hall–Kier alpha value is -3.14. The van der Waals surface area contributed by atoms with Gasteiger partial charge in [-0.25, -0.2) is 0 Å². The third-order valence-electron chi connectivity index (χ3n) is 4.16. The molecule has 0 saturated carbocycles. The zero-order valence-electron chi connectivity index (χ0n) is 16.1. The van der Waals surface area contributed by atoms with Crippen molar-refractivity contribution in [2.45, 2.75) is 26.7 Å². The lowest BCUT2D eigenvalue weighted by molar-refractivity contribution is 0.1000. The molecule has 0 aliphatic rings. The number of rotatable bonds is 5. The van der Waals surface area contributed by atoms with Crippen molar-refractivity contribution in [3.8, 4) is 5.75 Å². The number of carbonyl (C=O) groups excluding carboxylic acids is 1. The van der Waals surface area contributed by atoms with E-state index in [0.29, 0.717) is 5.56 Å². The van der Waals surface area contributed by atoms with E-state index in [1.54, 1.807) is 19.2 Å². The van der Waals surface area contributed by atoms with Crippen LogP contribution in [0.25, 0.3) is 0 Å². The SMILES string of the molecule is CCc1cccc(Cc2ccc(OC)cc2)c1.Cc1ccc(C(N)=O)cn1. The Labute approximate surface area is 161 Å². The smallest absolute Gasteiger partial charge is 0.250 e. The number of amides is 1. The van der Waals surface area contributed by atoms with Crippen LogP contribution in [-0.2, 0) is 12.8 Å². The molecule has 4 nitrogen and oxygen atoms in total. The maximum Gasteiger partial charge on any atom is 0.250 e. The molecule has 2 N–H and O–H groups in total. The van der Waals surface area contributed by atoms with E-state index in [1.165, 1.54) is 22.9 Å². The second-order valence-electron chi connectivity index (χ2n) is 6.25.